The molecule has 1 aromatic carbocycles. The maximum atomic E-state index is 6.15. The molecule has 2 atom stereocenters. The van der Waals surface area contributed by atoms with Crippen LogP contribution in [0.25, 0.3) is 0 Å². The van der Waals surface area contributed by atoms with Crippen molar-refractivity contribution in [1.82, 2.24) is 15.2 Å². The molecule has 162 valence electrons. The molecular formula is C20H30ClIN4OS2. The first-order valence-corrected chi connectivity index (χ1v) is 11.8. The van der Waals surface area contributed by atoms with Gasteiger partial charge < -0.3 is 15.0 Å². The maximum Gasteiger partial charge on any atom is 0.194 e. The van der Waals surface area contributed by atoms with Crippen molar-refractivity contribution < 1.29 is 4.74 Å². The van der Waals surface area contributed by atoms with Gasteiger partial charge in [-0.3, -0.25) is 4.99 Å². The van der Waals surface area contributed by atoms with Crippen molar-refractivity contribution in [3.8, 4) is 0 Å². The lowest BCUT2D eigenvalue weighted by molar-refractivity contribution is 0.119. The summed E-state index contributed by atoms with van der Waals surface area (Å²) in [5.74, 6) is 0.873. The van der Waals surface area contributed by atoms with E-state index in [0.717, 1.165) is 28.2 Å². The fourth-order valence-electron chi connectivity index (χ4n) is 2.66. The van der Waals surface area contributed by atoms with Gasteiger partial charge in [0.05, 0.1) is 18.8 Å². The van der Waals surface area contributed by atoms with E-state index in [1.807, 2.05) is 32.2 Å². The van der Waals surface area contributed by atoms with Crippen molar-refractivity contribution in [2.75, 3.05) is 33.5 Å². The van der Waals surface area contributed by atoms with E-state index in [9.17, 15) is 0 Å². The highest BCUT2D eigenvalue weighted by Crippen LogP contribution is 2.28. The Morgan fingerprint density at radius 1 is 1.45 bits per heavy atom. The average Bonchev–Trinajstić information content (AvgIpc) is 3.15. The SMILES string of the molecule is CCNC(=NCC(SC)c1cccc(Cl)c1)N(C)Cc1csc(C(C)OC)n1.I. The normalized spacial score (nSPS) is 13.5. The number of aliphatic imine (C=N–C) groups is 1. The summed E-state index contributed by atoms with van der Waals surface area (Å²) in [5.41, 5.74) is 2.22. The van der Waals surface area contributed by atoms with Crippen LogP contribution in [0.15, 0.2) is 34.6 Å². The standard InChI is InChI=1S/C20H29ClN4OS2.HI/c1-6-22-20(23-11-18(27-5)15-8-7-9-16(21)10-15)25(3)12-17-13-28-19(24-17)14(2)26-4;/h7-10,13-14,18H,6,11-12H2,1-5H3,(H,22,23);1H. The number of halogens is 2. The molecule has 0 aliphatic heterocycles. The first-order valence-electron chi connectivity index (χ1n) is 9.23. The molecule has 5 nitrogen and oxygen atoms in total. The third-order valence-electron chi connectivity index (χ3n) is 4.28. The number of methoxy groups -OCH3 is 1. The van der Waals surface area contributed by atoms with Crippen LogP contribution in [0.2, 0.25) is 5.02 Å². The van der Waals surface area contributed by atoms with Gasteiger partial charge in [-0.25, -0.2) is 4.98 Å². The molecule has 0 saturated heterocycles. The topological polar surface area (TPSA) is 49.8 Å². The molecular weight excluding hydrogens is 539 g/mol. The zero-order valence-electron chi connectivity index (χ0n) is 17.5. The fraction of sp³-hybridized carbons (Fsp3) is 0.500. The number of guanidine groups is 1. The number of nitrogens with zero attached hydrogens (tertiary/aromatic N) is 3. The Labute approximate surface area is 204 Å². The largest absolute Gasteiger partial charge is 0.375 e. The molecule has 2 unspecified atom stereocenters. The number of aromatic nitrogens is 1. The van der Waals surface area contributed by atoms with E-state index in [0.29, 0.717) is 13.1 Å². The minimum Gasteiger partial charge on any atom is -0.375 e. The minimum atomic E-state index is 0. The van der Waals surface area contributed by atoms with Crippen molar-refractivity contribution >= 4 is 64.6 Å². The van der Waals surface area contributed by atoms with Gasteiger partial charge >= 0.3 is 0 Å². The summed E-state index contributed by atoms with van der Waals surface area (Å²) in [5, 5.41) is 7.48. The molecule has 1 aromatic heterocycles. The summed E-state index contributed by atoms with van der Waals surface area (Å²) >= 11 is 9.56. The van der Waals surface area contributed by atoms with Crippen molar-refractivity contribution in [1.29, 1.82) is 0 Å². The predicted octanol–water partition coefficient (Wildman–Crippen LogP) is 5.62. The van der Waals surface area contributed by atoms with Crippen molar-refractivity contribution in [2.45, 2.75) is 31.7 Å². The number of thioether (sulfide) groups is 1. The smallest absolute Gasteiger partial charge is 0.194 e. The molecule has 0 amide bonds. The van der Waals surface area contributed by atoms with E-state index < -0.39 is 0 Å². The van der Waals surface area contributed by atoms with Crippen LogP contribution in [0.5, 0.6) is 0 Å². The molecule has 2 aromatic rings. The van der Waals surface area contributed by atoms with Gasteiger partial charge in [-0.05, 0) is 37.8 Å². The van der Waals surface area contributed by atoms with Crippen LogP contribution in [0.4, 0.5) is 0 Å². The summed E-state index contributed by atoms with van der Waals surface area (Å²) in [6.07, 6.45) is 2.12. The average molecular weight is 569 g/mol. The molecule has 0 saturated carbocycles. The van der Waals surface area contributed by atoms with Crippen LogP contribution >= 0.6 is 58.7 Å². The number of hydrogen-bond donors (Lipinski definition) is 1. The van der Waals surface area contributed by atoms with Gasteiger partial charge in [0, 0.05) is 36.4 Å². The second-order valence-corrected chi connectivity index (χ2v) is 8.75. The van der Waals surface area contributed by atoms with Crippen LogP contribution < -0.4 is 5.32 Å². The quantitative estimate of drug-likeness (QED) is 0.242. The number of ether oxygens (including phenoxy) is 1. The number of rotatable bonds is 9. The molecule has 1 heterocycles. The molecule has 0 spiro atoms. The van der Waals surface area contributed by atoms with Crippen LogP contribution in [0, 0.1) is 0 Å². The van der Waals surface area contributed by atoms with Gasteiger partial charge in [-0.15, -0.1) is 35.3 Å². The van der Waals surface area contributed by atoms with Crippen molar-refractivity contribution in [3.63, 3.8) is 0 Å². The van der Waals surface area contributed by atoms with Gasteiger partial charge in [-0.2, -0.15) is 11.8 Å². The Kier molecular flexibility index (Phi) is 12.5. The minimum absolute atomic E-state index is 0. The van der Waals surface area contributed by atoms with E-state index in [2.05, 4.69) is 39.8 Å². The first-order chi connectivity index (χ1) is 13.5. The molecule has 0 aliphatic carbocycles. The number of thiazole rings is 1. The molecule has 29 heavy (non-hydrogen) atoms. The molecule has 0 fully saturated rings. The molecule has 0 bridgehead atoms. The summed E-state index contributed by atoms with van der Waals surface area (Å²) in [7, 11) is 3.74. The molecule has 9 heteroatoms. The van der Waals surface area contributed by atoms with E-state index in [4.69, 9.17) is 21.3 Å². The highest BCUT2D eigenvalue weighted by Gasteiger charge is 2.14. The Morgan fingerprint density at radius 3 is 2.83 bits per heavy atom. The Hall–Kier alpha value is -0.550. The lowest BCUT2D eigenvalue weighted by atomic mass is 10.1. The van der Waals surface area contributed by atoms with Gasteiger partial charge in [0.1, 0.15) is 11.1 Å². The summed E-state index contributed by atoms with van der Waals surface area (Å²) in [6, 6.07) is 8.01. The third-order valence-corrected chi connectivity index (χ3v) is 6.56. The number of benzene rings is 1. The Balaban J connectivity index is 0.00000420. The fourth-order valence-corrected chi connectivity index (χ4v) is 4.35. The second-order valence-electron chi connectivity index (χ2n) is 6.39. The zero-order valence-corrected chi connectivity index (χ0v) is 22.2. The van der Waals surface area contributed by atoms with E-state index in [1.165, 1.54) is 5.56 Å². The highest BCUT2D eigenvalue weighted by atomic mass is 127. The Bertz CT molecular complexity index is 774. The van der Waals surface area contributed by atoms with Gasteiger partial charge in [-0.1, -0.05) is 23.7 Å². The van der Waals surface area contributed by atoms with Crippen LogP contribution in [-0.4, -0.2) is 49.3 Å². The number of nitrogens with one attached hydrogen (secondary N) is 1. The summed E-state index contributed by atoms with van der Waals surface area (Å²) < 4.78 is 5.35. The molecule has 2 rings (SSSR count). The summed E-state index contributed by atoms with van der Waals surface area (Å²) in [6.45, 7) is 6.27. The van der Waals surface area contributed by atoms with Crippen molar-refractivity contribution in [3.05, 3.63) is 50.9 Å². The van der Waals surface area contributed by atoms with Crippen molar-refractivity contribution in [2.24, 2.45) is 4.99 Å². The molecule has 0 radical (unpaired) electrons. The summed E-state index contributed by atoms with van der Waals surface area (Å²) in [4.78, 5) is 11.7. The van der Waals surface area contributed by atoms with Crippen LogP contribution in [-0.2, 0) is 11.3 Å². The molecule has 1 N–H and O–H groups in total. The first kappa shape index (κ1) is 26.5. The Morgan fingerprint density at radius 2 is 2.21 bits per heavy atom. The van der Waals surface area contributed by atoms with E-state index in [1.54, 1.807) is 30.2 Å². The monoisotopic (exact) mass is 568 g/mol. The third kappa shape index (κ3) is 8.24. The van der Waals surface area contributed by atoms with Gasteiger partial charge in [0.15, 0.2) is 5.96 Å². The number of hydrogen-bond acceptors (Lipinski definition) is 5. The van der Waals surface area contributed by atoms with Crippen LogP contribution in [0.1, 0.15) is 41.5 Å². The lowest BCUT2D eigenvalue weighted by Crippen LogP contribution is -2.38. The van der Waals surface area contributed by atoms with Crippen LogP contribution in [0.3, 0.4) is 0 Å². The van der Waals surface area contributed by atoms with Gasteiger partial charge in [0.25, 0.3) is 0 Å². The maximum absolute atomic E-state index is 6.15. The lowest BCUT2D eigenvalue weighted by Gasteiger charge is -2.22. The second kappa shape index (κ2) is 13.7. The van der Waals surface area contributed by atoms with Gasteiger partial charge in [0.2, 0.25) is 0 Å². The highest BCUT2D eigenvalue weighted by molar-refractivity contribution is 14.0. The zero-order chi connectivity index (χ0) is 20.5. The van der Waals surface area contributed by atoms with E-state index >= 15 is 0 Å². The molecule has 0 aliphatic rings. The van der Waals surface area contributed by atoms with E-state index in [-0.39, 0.29) is 35.3 Å². The predicted molar refractivity (Wildman–Crippen MR) is 138 cm³/mol.